The average Bonchev–Trinajstić information content (AvgIpc) is 3.21. The first kappa shape index (κ1) is 28.3. The summed E-state index contributed by atoms with van der Waals surface area (Å²) in [6.45, 7) is 10.7. The maximum Gasteiger partial charge on any atom is 0.281 e. The second-order valence-electron chi connectivity index (χ2n) is 10.7. The van der Waals surface area contributed by atoms with E-state index in [1.807, 2.05) is 12.1 Å². The fraction of sp³-hybridized carbons (Fsp3) is 0.429. The number of rotatable bonds is 9. The summed E-state index contributed by atoms with van der Waals surface area (Å²) >= 11 is 0. The SMILES string of the molecule is CC(C)CC(C)Nc1ccc(-c2ccc(C(=O)NS(=O)(=O)c3cccc(N)n3)c(N3[C@H](C)CC[C@@H]3C)n2)cn1. The van der Waals surface area contributed by atoms with Gasteiger partial charge in [0.25, 0.3) is 15.9 Å². The van der Waals surface area contributed by atoms with Gasteiger partial charge >= 0.3 is 0 Å². The molecule has 3 atom stereocenters. The number of hydrogen-bond donors (Lipinski definition) is 3. The largest absolute Gasteiger partial charge is 0.384 e. The van der Waals surface area contributed by atoms with Crippen LogP contribution in [0.3, 0.4) is 0 Å². The van der Waals surface area contributed by atoms with Crippen LogP contribution in [0, 0.1) is 5.92 Å². The van der Waals surface area contributed by atoms with E-state index in [-0.39, 0.29) is 28.5 Å². The molecule has 1 amide bonds. The van der Waals surface area contributed by atoms with Crippen molar-refractivity contribution in [2.75, 3.05) is 16.0 Å². The van der Waals surface area contributed by atoms with E-state index in [9.17, 15) is 13.2 Å². The number of anilines is 3. The lowest BCUT2D eigenvalue weighted by atomic mass is 10.1. The van der Waals surface area contributed by atoms with Gasteiger partial charge in [0.2, 0.25) is 0 Å². The topological polar surface area (TPSA) is 143 Å². The molecule has 4 rings (SSSR count). The van der Waals surface area contributed by atoms with Gasteiger partial charge in [-0.05, 0) is 82.3 Å². The van der Waals surface area contributed by atoms with Crippen LogP contribution in [-0.2, 0) is 10.0 Å². The Bertz CT molecular complexity index is 1420. The molecule has 1 saturated heterocycles. The van der Waals surface area contributed by atoms with E-state index in [0.717, 1.165) is 30.6 Å². The van der Waals surface area contributed by atoms with Gasteiger partial charge in [-0.3, -0.25) is 4.79 Å². The lowest BCUT2D eigenvalue weighted by Crippen LogP contribution is -2.37. The molecule has 1 aliphatic rings. The van der Waals surface area contributed by atoms with E-state index in [0.29, 0.717) is 23.5 Å². The number of sulfonamides is 1. The van der Waals surface area contributed by atoms with Gasteiger partial charge < -0.3 is 16.0 Å². The molecule has 0 radical (unpaired) electrons. The molecule has 3 aromatic heterocycles. The standard InChI is InChI=1S/C28H37N7O3S/c1-17(2)15-18(3)31-25-14-11-21(16-30-25)23-13-12-22(27(32-23)35-19(4)9-10-20(35)5)28(36)34-39(37,38)26-8-6-7-24(29)33-26/h6-8,11-14,16-20H,9-10,15H2,1-5H3,(H2,29,33)(H,30,31)(H,34,36)/t18?,19-,20+. The fourth-order valence-corrected chi connectivity index (χ4v) is 6.00. The van der Waals surface area contributed by atoms with Crippen LogP contribution >= 0.6 is 0 Å². The zero-order valence-electron chi connectivity index (χ0n) is 23.0. The molecule has 10 nitrogen and oxygen atoms in total. The molecule has 1 aliphatic heterocycles. The summed E-state index contributed by atoms with van der Waals surface area (Å²) in [5, 5.41) is 3.09. The van der Waals surface area contributed by atoms with Gasteiger partial charge in [-0.1, -0.05) is 19.9 Å². The van der Waals surface area contributed by atoms with Crippen molar-refractivity contribution in [1.29, 1.82) is 0 Å². The van der Waals surface area contributed by atoms with Crippen molar-refractivity contribution in [3.8, 4) is 11.3 Å². The van der Waals surface area contributed by atoms with E-state index >= 15 is 0 Å². The van der Waals surface area contributed by atoms with Gasteiger partial charge in [-0.15, -0.1) is 0 Å². The zero-order valence-corrected chi connectivity index (χ0v) is 23.9. The van der Waals surface area contributed by atoms with Gasteiger partial charge in [-0.25, -0.2) is 19.7 Å². The molecule has 0 spiro atoms. The second kappa shape index (κ2) is 11.6. The van der Waals surface area contributed by atoms with Crippen molar-refractivity contribution >= 4 is 33.4 Å². The first-order valence-electron chi connectivity index (χ1n) is 13.3. The first-order chi connectivity index (χ1) is 18.4. The molecule has 208 valence electrons. The smallest absolute Gasteiger partial charge is 0.281 e. The number of hydrogen-bond acceptors (Lipinski definition) is 9. The Morgan fingerprint density at radius 1 is 1.05 bits per heavy atom. The minimum Gasteiger partial charge on any atom is -0.384 e. The summed E-state index contributed by atoms with van der Waals surface area (Å²) in [5.41, 5.74) is 7.25. The monoisotopic (exact) mass is 551 g/mol. The van der Waals surface area contributed by atoms with Crippen molar-refractivity contribution in [1.82, 2.24) is 19.7 Å². The van der Waals surface area contributed by atoms with Crippen LogP contribution in [0.1, 0.15) is 64.2 Å². The molecule has 1 fully saturated rings. The van der Waals surface area contributed by atoms with Crippen LogP contribution in [0.5, 0.6) is 0 Å². The van der Waals surface area contributed by atoms with E-state index < -0.39 is 15.9 Å². The summed E-state index contributed by atoms with van der Waals surface area (Å²) in [7, 11) is -4.24. The highest BCUT2D eigenvalue weighted by Gasteiger charge is 2.33. The molecule has 39 heavy (non-hydrogen) atoms. The van der Waals surface area contributed by atoms with E-state index in [4.69, 9.17) is 10.7 Å². The third-order valence-electron chi connectivity index (χ3n) is 6.84. The summed E-state index contributed by atoms with van der Waals surface area (Å²) in [6, 6.07) is 12.0. The third-order valence-corrected chi connectivity index (χ3v) is 8.07. The number of carbonyl (C=O) groups is 1. The van der Waals surface area contributed by atoms with E-state index in [2.05, 4.69) is 59.5 Å². The predicted molar refractivity (Wildman–Crippen MR) is 154 cm³/mol. The molecule has 0 saturated carbocycles. The normalized spacial score (nSPS) is 18.3. The molecular weight excluding hydrogens is 514 g/mol. The summed E-state index contributed by atoms with van der Waals surface area (Å²) < 4.78 is 27.9. The number of carbonyl (C=O) groups excluding carboxylic acids is 1. The van der Waals surface area contributed by atoms with Crippen molar-refractivity contribution in [3.63, 3.8) is 0 Å². The summed E-state index contributed by atoms with van der Waals surface area (Å²) in [4.78, 5) is 28.7. The molecule has 4 N–H and O–H groups in total. The number of aromatic nitrogens is 3. The number of nitrogens with two attached hydrogens (primary N) is 1. The van der Waals surface area contributed by atoms with Crippen LogP contribution in [0.25, 0.3) is 11.3 Å². The van der Waals surface area contributed by atoms with Crippen LogP contribution in [0.15, 0.2) is 53.7 Å². The molecule has 0 aromatic carbocycles. The molecule has 3 aromatic rings. The highest BCUT2D eigenvalue weighted by molar-refractivity contribution is 7.90. The van der Waals surface area contributed by atoms with Gasteiger partial charge in [0, 0.05) is 29.9 Å². The number of pyridine rings is 3. The molecule has 0 bridgehead atoms. The highest BCUT2D eigenvalue weighted by Crippen LogP contribution is 2.33. The quantitative estimate of drug-likeness (QED) is 0.351. The number of nitrogens with one attached hydrogen (secondary N) is 2. The van der Waals surface area contributed by atoms with Crippen molar-refractivity contribution in [3.05, 3.63) is 54.2 Å². The Morgan fingerprint density at radius 2 is 1.77 bits per heavy atom. The molecule has 1 unspecified atom stereocenters. The maximum absolute atomic E-state index is 13.3. The van der Waals surface area contributed by atoms with Gasteiger partial charge in [0.05, 0.1) is 11.3 Å². The highest BCUT2D eigenvalue weighted by atomic mass is 32.2. The molecule has 11 heteroatoms. The van der Waals surface area contributed by atoms with Gasteiger partial charge in [0.15, 0.2) is 5.03 Å². The Hall–Kier alpha value is -3.73. The average molecular weight is 552 g/mol. The van der Waals surface area contributed by atoms with Crippen molar-refractivity contribution < 1.29 is 13.2 Å². The fourth-order valence-electron chi connectivity index (χ4n) is 5.05. The minimum absolute atomic E-state index is 0.0426. The lowest BCUT2D eigenvalue weighted by molar-refractivity contribution is 0.0981. The third kappa shape index (κ3) is 6.65. The van der Waals surface area contributed by atoms with Crippen LogP contribution in [0.2, 0.25) is 0 Å². The molecule has 4 heterocycles. The van der Waals surface area contributed by atoms with Crippen molar-refractivity contribution in [2.45, 2.75) is 77.0 Å². The minimum atomic E-state index is -4.24. The van der Waals surface area contributed by atoms with E-state index in [1.165, 1.54) is 18.2 Å². The molecular formula is C28H37N7O3S. The molecule has 0 aliphatic carbocycles. The maximum atomic E-state index is 13.3. The lowest BCUT2D eigenvalue weighted by Gasteiger charge is -2.29. The van der Waals surface area contributed by atoms with Crippen LogP contribution in [-0.4, -0.2) is 47.4 Å². The summed E-state index contributed by atoms with van der Waals surface area (Å²) in [5.74, 6) is 1.06. The predicted octanol–water partition coefficient (Wildman–Crippen LogP) is 4.46. The van der Waals surface area contributed by atoms with Gasteiger partial charge in [-0.2, -0.15) is 8.42 Å². The van der Waals surface area contributed by atoms with E-state index in [1.54, 1.807) is 18.3 Å². The van der Waals surface area contributed by atoms with Crippen molar-refractivity contribution in [2.24, 2.45) is 5.92 Å². The Labute approximate surface area is 230 Å². The zero-order chi connectivity index (χ0) is 28.3. The Kier molecular flexibility index (Phi) is 8.39. The van der Waals surface area contributed by atoms with Crippen LogP contribution in [0.4, 0.5) is 17.5 Å². The second-order valence-corrected chi connectivity index (χ2v) is 12.3. The van der Waals surface area contributed by atoms with Gasteiger partial charge in [0.1, 0.15) is 17.5 Å². The number of nitrogens with zero attached hydrogens (tertiary/aromatic N) is 4. The van der Waals surface area contributed by atoms with Crippen LogP contribution < -0.4 is 20.7 Å². The number of amides is 1. The first-order valence-corrected chi connectivity index (χ1v) is 14.7. The number of nitrogen functional groups attached to an aromatic ring is 1. The summed E-state index contributed by atoms with van der Waals surface area (Å²) in [6.07, 6.45) is 4.67. The Morgan fingerprint density at radius 3 is 2.38 bits per heavy atom. The Balaban J connectivity index is 1.65.